The van der Waals surface area contributed by atoms with E-state index in [4.69, 9.17) is 9.90 Å². The second kappa shape index (κ2) is 9.99. The molecule has 172 valence electrons. The van der Waals surface area contributed by atoms with Crippen LogP contribution in [0.3, 0.4) is 0 Å². The van der Waals surface area contributed by atoms with Crippen LogP contribution in [-0.4, -0.2) is 32.9 Å². The molecule has 4 aromatic rings. The minimum atomic E-state index is -0.833. The van der Waals surface area contributed by atoms with Gasteiger partial charge in [-0.3, -0.25) is 14.4 Å². The van der Waals surface area contributed by atoms with Gasteiger partial charge in [-0.2, -0.15) is 0 Å². The van der Waals surface area contributed by atoms with E-state index in [1.807, 2.05) is 60.7 Å². The van der Waals surface area contributed by atoms with Crippen LogP contribution in [0, 0.1) is 5.92 Å². The summed E-state index contributed by atoms with van der Waals surface area (Å²) in [4.78, 5) is 41.2. The van der Waals surface area contributed by atoms with Gasteiger partial charge in [0.25, 0.3) is 11.9 Å². The highest BCUT2D eigenvalue weighted by Gasteiger charge is 2.29. The van der Waals surface area contributed by atoms with Crippen LogP contribution in [0.25, 0.3) is 22.4 Å². The molecule has 0 saturated heterocycles. The number of aromatic nitrogens is 2. The lowest BCUT2D eigenvalue weighted by atomic mass is 10.1. The first-order valence-electron chi connectivity index (χ1n) is 10.9. The first kappa shape index (κ1) is 22.7. The summed E-state index contributed by atoms with van der Waals surface area (Å²) in [7, 11) is 0. The molecule has 2 amide bonds. The van der Waals surface area contributed by atoms with Crippen LogP contribution in [0.5, 0.6) is 0 Å². The van der Waals surface area contributed by atoms with Crippen LogP contribution in [-0.2, 0) is 9.59 Å². The quantitative estimate of drug-likeness (QED) is 0.339. The molecule has 1 fully saturated rings. The maximum absolute atomic E-state index is 12.3. The number of hydrogen-bond donors (Lipinski definition) is 4. The van der Waals surface area contributed by atoms with Gasteiger partial charge >= 0.3 is 0 Å². The molecule has 0 spiro atoms. The van der Waals surface area contributed by atoms with Crippen LogP contribution in [0.2, 0.25) is 0 Å². The molecule has 0 bridgehead atoms. The van der Waals surface area contributed by atoms with Gasteiger partial charge in [0.1, 0.15) is 5.82 Å². The molecule has 8 heteroatoms. The van der Waals surface area contributed by atoms with Crippen molar-refractivity contribution < 1.29 is 19.5 Å². The van der Waals surface area contributed by atoms with E-state index in [0.29, 0.717) is 11.3 Å². The number of aliphatic carboxylic acids is 1. The topological polar surface area (TPSA) is 124 Å². The summed E-state index contributed by atoms with van der Waals surface area (Å²) >= 11 is 0. The predicted octanol–water partition coefficient (Wildman–Crippen LogP) is 4.92. The van der Waals surface area contributed by atoms with E-state index in [9.17, 15) is 9.59 Å². The average Bonchev–Trinajstić information content (AvgIpc) is 3.59. The highest BCUT2D eigenvalue weighted by Crippen LogP contribution is 2.31. The number of nitrogens with one attached hydrogen (secondary N) is 3. The Balaban J connectivity index is 0.000000636. The molecule has 34 heavy (non-hydrogen) atoms. The van der Waals surface area contributed by atoms with Crippen molar-refractivity contribution in [1.29, 1.82) is 0 Å². The number of carboxylic acid groups (broad SMARTS) is 1. The van der Waals surface area contributed by atoms with Crippen molar-refractivity contribution in [2.45, 2.75) is 19.8 Å². The Morgan fingerprint density at radius 3 is 2.21 bits per heavy atom. The van der Waals surface area contributed by atoms with Gasteiger partial charge in [0.15, 0.2) is 0 Å². The average molecular weight is 457 g/mol. The lowest BCUT2D eigenvalue weighted by Crippen LogP contribution is -2.12. The smallest absolute Gasteiger partial charge is 0.300 e. The maximum Gasteiger partial charge on any atom is 0.300 e. The lowest BCUT2D eigenvalue weighted by molar-refractivity contribution is -0.134. The molecule has 4 N–H and O–H groups in total. The first-order valence-corrected chi connectivity index (χ1v) is 10.9. The summed E-state index contributed by atoms with van der Waals surface area (Å²) in [6, 6.07) is 22.3. The maximum atomic E-state index is 12.3. The minimum absolute atomic E-state index is 0.0854. The van der Waals surface area contributed by atoms with E-state index in [1.54, 1.807) is 12.1 Å². The Labute approximate surface area is 196 Å². The van der Waals surface area contributed by atoms with Crippen molar-refractivity contribution in [3.05, 3.63) is 78.4 Å². The van der Waals surface area contributed by atoms with Gasteiger partial charge < -0.3 is 20.7 Å². The molecule has 0 atom stereocenters. The van der Waals surface area contributed by atoms with Crippen molar-refractivity contribution in [3.8, 4) is 11.4 Å². The van der Waals surface area contributed by atoms with Gasteiger partial charge in [-0.05, 0) is 67.4 Å². The lowest BCUT2D eigenvalue weighted by Gasteiger charge is -2.06. The molecule has 1 aromatic heterocycles. The van der Waals surface area contributed by atoms with E-state index >= 15 is 0 Å². The number of aromatic amines is 1. The third-order valence-corrected chi connectivity index (χ3v) is 5.15. The number of hydrogen-bond acceptors (Lipinski definition) is 4. The summed E-state index contributed by atoms with van der Waals surface area (Å²) in [5, 5.41) is 13.3. The minimum Gasteiger partial charge on any atom is -0.481 e. The van der Waals surface area contributed by atoms with Crippen LogP contribution >= 0.6 is 0 Å². The number of nitrogens with zero attached hydrogens (tertiary/aromatic N) is 1. The number of rotatable bonds is 5. The van der Waals surface area contributed by atoms with Crippen molar-refractivity contribution in [2.24, 2.45) is 5.92 Å². The van der Waals surface area contributed by atoms with Crippen LogP contribution < -0.4 is 10.6 Å². The van der Waals surface area contributed by atoms with E-state index < -0.39 is 5.97 Å². The largest absolute Gasteiger partial charge is 0.481 e. The Hall–Kier alpha value is -4.46. The molecule has 1 saturated carbocycles. The number of benzene rings is 3. The van der Waals surface area contributed by atoms with Gasteiger partial charge in [-0.1, -0.05) is 18.2 Å². The fraction of sp³-hybridized carbons (Fsp3) is 0.154. The zero-order valence-electron chi connectivity index (χ0n) is 18.5. The number of H-pyrrole nitrogens is 1. The van der Waals surface area contributed by atoms with E-state index in [2.05, 4.69) is 20.6 Å². The number of carboxylic acids is 1. The van der Waals surface area contributed by atoms with E-state index in [0.717, 1.165) is 47.9 Å². The first-order chi connectivity index (χ1) is 16.4. The van der Waals surface area contributed by atoms with Gasteiger partial charge in [-0.25, -0.2) is 4.98 Å². The molecule has 0 unspecified atom stereocenters. The van der Waals surface area contributed by atoms with E-state index in [-0.39, 0.29) is 17.7 Å². The number of imidazole rings is 1. The molecular formula is C26H24N4O4. The number of carbonyl (C=O) groups is 3. The summed E-state index contributed by atoms with van der Waals surface area (Å²) in [6.45, 7) is 1.08. The number of amides is 2. The highest BCUT2D eigenvalue weighted by molar-refractivity contribution is 6.04. The van der Waals surface area contributed by atoms with Gasteiger partial charge in [0.2, 0.25) is 5.91 Å². The van der Waals surface area contributed by atoms with Crippen LogP contribution in [0.15, 0.2) is 72.8 Å². The summed E-state index contributed by atoms with van der Waals surface area (Å²) < 4.78 is 0. The number of fused-ring (bicyclic) bond motifs is 1. The summed E-state index contributed by atoms with van der Waals surface area (Å²) in [5.41, 5.74) is 4.70. The number of anilines is 2. The third-order valence-electron chi connectivity index (χ3n) is 5.15. The molecule has 0 radical (unpaired) electrons. The Morgan fingerprint density at radius 2 is 1.56 bits per heavy atom. The van der Waals surface area contributed by atoms with Crippen LogP contribution in [0.1, 0.15) is 30.1 Å². The molecule has 1 heterocycles. The second-order valence-corrected chi connectivity index (χ2v) is 8.00. The monoisotopic (exact) mass is 456 g/mol. The molecular weight excluding hydrogens is 432 g/mol. The summed E-state index contributed by atoms with van der Waals surface area (Å²) in [5.74, 6) is 0.00520. The van der Waals surface area contributed by atoms with Gasteiger partial charge in [-0.15, -0.1) is 0 Å². The fourth-order valence-electron chi connectivity index (χ4n) is 3.32. The second-order valence-electron chi connectivity index (χ2n) is 8.00. The fourth-order valence-corrected chi connectivity index (χ4v) is 3.32. The van der Waals surface area contributed by atoms with Crippen molar-refractivity contribution >= 4 is 40.2 Å². The normalized spacial score (nSPS) is 12.4. The molecule has 8 nitrogen and oxygen atoms in total. The highest BCUT2D eigenvalue weighted by atomic mass is 16.4. The van der Waals surface area contributed by atoms with Gasteiger partial charge in [0.05, 0.1) is 11.0 Å². The summed E-state index contributed by atoms with van der Waals surface area (Å²) in [6.07, 6.45) is 1.95. The molecule has 0 aliphatic heterocycles. The predicted molar refractivity (Wildman–Crippen MR) is 131 cm³/mol. The SMILES string of the molecule is CC(=O)O.O=C(Nc1ccc(-c2nc3ccc(NC(=O)C4CC4)cc3[nH]2)cc1)c1ccccc1. The molecule has 1 aliphatic rings. The Morgan fingerprint density at radius 1 is 0.912 bits per heavy atom. The van der Waals surface area contributed by atoms with E-state index in [1.165, 1.54) is 0 Å². The van der Waals surface area contributed by atoms with Crippen LogP contribution in [0.4, 0.5) is 11.4 Å². The zero-order valence-corrected chi connectivity index (χ0v) is 18.5. The zero-order chi connectivity index (χ0) is 24.1. The third kappa shape index (κ3) is 5.86. The van der Waals surface area contributed by atoms with Crippen molar-refractivity contribution in [3.63, 3.8) is 0 Å². The molecule has 1 aliphatic carbocycles. The molecule has 5 rings (SSSR count). The Kier molecular flexibility index (Phi) is 6.68. The number of carbonyl (C=O) groups excluding carboxylic acids is 2. The molecule has 3 aromatic carbocycles. The van der Waals surface area contributed by atoms with Crippen molar-refractivity contribution in [2.75, 3.05) is 10.6 Å². The standard InChI is InChI=1S/C24H20N4O2.C2H4O2/c29-23(16-4-2-1-3-5-16)25-18-10-8-15(9-11-18)22-27-20-13-12-19(14-21(20)28-22)26-24(30)17-6-7-17;1-2(3)4/h1-5,8-14,17H,6-7H2,(H,25,29)(H,26,30)(H,27,28);1H3,(H,3,4). The van der Waals surface area contributed by atoms with Gasteiger partial charge in [0, 0.05) is 35.3 Å². The Bertz CT molecular complexity index is 1320. The van der Waals surface area contributed by atoms with Crippen molar-refractivity contribution in [1.82, 2.24) is 9.97 Å².